The number of rotatable bonds is 6. The molecule has 1 amide bonds. The molecule has 1 rings (SSSR count). The third-order valence-electron chi connectivity index (χ3n) is 2.85. The minimum atomic E-state index is -1.47. The molecule has 0 bridgehead atoms. The van der Waals surface area contributed by atoms with Gasteiger partial charge in [-0.3, -0.25) is 9.00 Å². The first-order chi connectivity index (χ1) is 8.95. The smallest absolute Gasteiger partial charge is 0.236 e. The van der Waals surface area contributed by atoms with Crippen LogP contribution in [0.4, 0.5) is 4.39 Å². The van der Waals surface area contributed by atoms with E-state index in [9.17, 15) is 13.4 Å². The summed E-state index contributed by atoms with van der Waals surface area (Å²) in [4.78, 5) is 12.4. The summed E-state index contributed by atoms with van der Waals surface area (Å²) in [6, 6.07) is 5.47. The minimum absolute atomic E-state index is 0.0742. The van der Waals surface area contributed by atoms with Crippen molar-refractivity contribution in [3.05, 3.63) is 30.1 Å². The zero-order chi connectivity index (χ0) is 14.4. The van der Waals surface area contributed by atoms with Gasteiger partial charge in [0.15, 0.2) is 0 Å². The number of halogens is 1. The third-order valence-corrected chi connectivity index (χ3v) is 4.44. The number of amides is 1. The maximum atomic E-state index is 12.8. The van der Waals surface area contributed by atoms with Crippen molar-refractivity contribution in [2.75, 3.05) is 0 Å². The van der Waals surface area contributed by atoms with E-state index in [2.05, 4.69) is 5.32 Å². The second-order valence-corrected chi connectivity index (χ2v) is 6.37. The SMILES string of the molecule is CCCC(C)NC(=O)C(C)S(=O)c1ccc(F)cc1. The fraction of sp³-hybridized carbons (Fsp3) is 0.500. The van der Waals surface area contributed by atoms with Crippen LogP contribution in [0, 0.1) is 5.82 Å². The Kier molecular flexibility index (Phi) is 6.15. The first-order valence-electron chi connectivity index (χ1n) is 6.42. The first-order valence-corrected chi connectivity index (χ1v) is 7.63. The van der Waals surface area contributed by atoms with Crippen molar-refractivity contribution in [2.45, 2.75) is 49.8 Å². The Bertz CT molecular complexity index is 447. The molecular weight excluding hydrogens is 265 g/mol. The molecule has 0 saturated carbocycles. The molecular formula is C14H20FNO2S. The van der Waals surface area contributed by atoms with Crippen LogP contribution in [0.1, 0.15) is 33.6 Å². The van der Waals surface area contributed by atoms with E-state index in [0.29, 0.717) is 4.90 Å². The molecule has 5 heteroatoms. The van der Waals surface area contributed by atoms with Crippen molar-refractivity contribution in [3.8, 4) is 0 Å². The van der Waals surface area contributed by atoms with E-state index in [1.54, 1.807) is 6.92 Å². The molecule has 0 aromatic heterocycles. The maximum Gasteiger partial charge on any atom is 0.236 e. The summed E-state index contributed by atoms with van der Waals surface area (Å²) in [5.41, 5.74) is 0. The Morgan fingerprint density at radius 2 is 1.89 bits per heavy atom. The van der Waals surface area contributed by atoms with Crippen molar-refractivity contribution in [1.29, 1.82) is 0 Å². The van der Waals surface area contributed by atoms with Crippen LogP contribution in [0.25, 0.3) is 0 Å². The second-order valence-electron chi connectivity index (χ2n) is 4.59. The van der Waals surface area contributed by atoms with E-state index in [-0.39, 0.29) is 17.8 Å². The summed E-state index contributed by atoms with van der Waals surface area (Å²) >= 11 is 0. The lowest BCUT2D eigenvalue weighted by Crippen LogP contribution is -2.40. The quantitative estimate of drug-likeness (QED) is 0.873. The van der Waals surface area contributed by atoms with Crippen LogP contribution in [0.5, 0.6) is 0 Å². The highest BCUT2D eigenvalue weighted by Crippen LogP contribution is 2.12. The van der Waals surface area contributed by atoms with Crippen LogP contribution in [-0.4, -0.2) is 21.4 Å². The highest BCUT2D eigenvalue weighted by Gasteiger charge is 2.22. The lowest BCUT2D eigenvalue weighted by atomic mass is 10.2. The topological polar surface area (TPSA) is 46.2 Å². The molecule has 19 heavy (non-hydrogen) atoms. The monoisotopic (exact) mass is 285 g/mol. The molecule has 0 aliphatic rings. The molecule has 0 saturated heterocycles. The van der Waals surface area contributed by atoms with Crippen LogP contribution in [0.3, 0.4) is 0 Å². The number of hydrogen-bond acceptors (Lipinski definition) is 2. The summed E-state index contributed by atoms with van der Waals surface area (Å²) < 4.78 is 25.0. The Balaban J connectivity index is 2.66. The Morgan fingerprint density at radius 3 is 2.42 bits per heavy atom. The van der Waals surface area contributed by atoms with Crippen molar-refractivity contribution in [3.63, 3.8) is 0 Å². The number of carbonyl (C=O) groups excluding carboxylic acids is 1. The number of nitrogens with one attached hydrogen (secondary N) is 1. The van der Waals surface area contributed by atoms with Gasteiger partial charge in [-0.25, -0.2) is 4.39 Å². The van der Waals surface area contributed by atoms with Gasteiger partial charge in [0, 0.05) is 10.9 Å². The first kappa shape index (κ1) is 15.8. The van der Waals surface area contributed by atoms with Crippen LogP contribution in [0.15, 0.2) is 29.2 Å². The molecule has 106 valence electrons. The molecule has 0 fully saturated rings. The van der Waals surface area contributed by atoms with Crippen LogP contribution in [-0.2, 0) is 15.6 Å². The number of benzene rings is 1. The van der Waals surface area contributed by atoms with Crippen molar-refractivity contribution >= 4 is 16.7 Å². The summed E-state index contributed by atoms with van der Waals surface area (Å²) in [7, 11) is -1.47. The van der Waals surface area contributed by atoms with Gasteiger partial charge in [-0.05, 0) is 44.5 Å². The number of hydrogen-bond donors (Lipinski definition) is 1. The van der Waals surface area contributed by atoms with Gasteiger partial charge >= 0.3 is 0 Å². The number of carbonyl (C=O) groups is 1. The van der Waals surface area contributed by atoms with Crippen LogP contribution < -0.4 is 5.32 Å². The lowest BCUT2D eigenvalue weighted by Gasteiger charge is -2.16. The largest absolute Gasteiger partial charge is 0.353 e. The zero-order valence-corrected chi connectivity index (χ0v) is 12.3. The average molecular weight is 285 g/mol. The van der Waals surface area contributed by atoms with Gasteiger partial charge in [-0.2, -0.15) is 0 Å². The maximum absolute atomic E-state index is 12.8. The molecule has 0 aliphatic carbocycles. The molecule has 1 aromatic carbocycles. The lowest BCUT2D eigenvalue weighted by molar-refractivity contribution is -0.121. The minimum Gasteiger partial charge on any atom is -0.353 e. The van der Waals surface area contributed by atoms with E-state index >= 15 is 0 Å². The predicted molar refractivity (Wildman–Crippen MR) is 74.8 cm³/mol. The van der Waals surface area contributed by atoms with Gasteiger partial charge in [-0.1, -0.05) is 13.3 Å². The van der Waals surface area contributed by atoms with Crippen molar-refractivity contribution in [1.82, 2.24) is 5.32 Å². The molecule has 0 heterocycles. The van der Waals surface area contributed by atoms with E-state index in [4.69, 9.17) is 0 Å². The Hall–Kier alpha value is -1.23. The highest BCUT2D eigenvalue weighted by atomic mass is 32.2. The highest BCUT2D eigenvalue weighted by molar-refractivity contribution is 7.86. The van der Waals surface area contributed by atoms with Gasteiger partial charge in [0.05, 0.1) is 10.8 Å². The van der Waals surface area contributed by atoms with E-state index in [1.807, 2.05) is 13.8 Å². The predicted octanol–water partition coefficient (Wildman–Crippen LogP) is 2.63. The molecule has 3 nitrogen and oxygen atoms in total. The van der Waals surface area contributed by atoms with Crippen LogP contribution in [0.2, 0.25) is 0 Å². The molecule has 0 spiro atoms. The van der Waals surface area contributed by atoms with Gasteiger partial charge < -0.3 is 5.32 Å². The van der Waals surface area contributed by atoms with E-state index < -0.39 is 16.0 Å². The van der Waals surface area contributed by atoms with Gasteiger partial charge in [0.1, 0.15) is 11.1 Å². The third kappa shape index (κ3) is 4.74. The molecule has 0 aliphatic heterocycles. The average Bonchev–Trinajstić information content (AvgIpc) is 2.38. The normalized spacial score (nSPS) is 15.6. The van der Waals surface area contributed by atoms with Gasteiger partial charge in [0.2, 0.25) is 5.91 Å². The second kappa shape index (κ2) is 7.38. The molecule has 3 atom stereocenters. The molecule has 0 radical (unpaired) electrons. The van der Waals surface area contributed by atoms with Crippen molar-refractivity contribution in [2.24, 2.45) is 0 Å². The molecule has 3 unspecified atom stereocenters. The molecule has 1 N–H and O–H groups in total. The molecule has 1 aromatic rings. The Labute approximate surface area is 116 Å². The van der Waals surface area contributed by atoms with Crippen LogP contribution >= 0.6 is 0 Å². The van der Waals surface area contributed by atoms with E-state index in [1.165, 1.54) is 24.3 Å². The summed E-state index contributed by atoms with van der Waals surface area (Å²) in [5.74, 6) is -0.613. The zero-order valence-electron chi connectivity index (χ0n) is 11.5. The summed E-state index contributed by atoms with van der Waals surface area (Å²) in [5, 5.41) is 2.19. The standard InChI is InChI=1S/C14H20FNO2S/c1-4-5-10(2)16-14(17)11(3)19(18)13-8-6-12(15)7-9-13/h6-11H,4-5H2,1-3H3,(H,16,17). The van der Waals surface area contributed by atoms with Gasteiger partial charge in [0.25, 0.3) is 0 Å². The van der Waals surface area contributed by atoms with Crippen molar-refractivity contribution < 1.29 is 13.4 Å². The fourth-order valence-electron chi connectivity index (χ4n) is 1.74. The van der Waals surface area contributed by atoms with E-state index in [0.717, 1.165) is 12.8 Å². The Morgan fingerprint density at radius 1 is 1.32 bits per heavy atom. The fourth-order valence-corrected chi connectivity index (χ4v) is 2.81. The van der Waals surface area contributed by atoms with Gasteiger partial charge in [-0.15, -0.1) is 0 Å². The summed E-state index contributed by atoms with van der Waals surface area (Å²) in [6.07, 6.45) is 1.87. The summed E-state index contributed by atoms with van der Waals surface area (Å²) in [6.45, 7) is 5.59.